The largest absolute Gasteiger partial charge is 0.387 e. The first-order valence-electron chi connectivity index (χ1n) is 6.11. The van der Waals surface area contributed by atoms with Gasteiger partial charge in [0.15, 0.2) is 0 Å². The molecule has 2 N–H and O–H groups in total. The molecule has 1 amide bonds. The van der Waals surface area contributed by atoms with E-state index in [0.29, 0.717) is 0 Å². The molecule has 4 aliphatic carbocycles. The van der Waals surface area contributed by atoms with E-state index in [1.807, 2.05) is 0 Å². The molecule has 0 spiro atoms. The third-order valence-corrected chi connectivity index (χ3v) is 4.59. The zero-order valence-electron chi connectivity index (χ0n) is 9.04. The Morgan fingerprint density at radius 2 is 1.60 bits per heavy atom. The van der Waals surface area contributed by atoms with Crippen molar-refractivity contribution in [2.75, 3.05) is 6.61 Å². The molecule has 4 saturated carbocycles. The molecule has 0 saturated heterocycles. The summed E-state index contributed by atoms with van der Waals surface area (Å²) in [6.45, 7) is -0.359. The zero-order chi connectivity index (χ0) is 10.5. The smallest absolute Gasteiger partial charge is 0.246 e. The average molecular weight is 209 g/mol. The van der Waals surface area contributed by atoms with Crippen molar-refractivity contribution in [2.45, 2.75) is 44.1 Å². The first-order chi connectivity index (χ1) is 7.19. The molecule has 0 radical (unpaired) electrons. The number of carbonyl (C=O) groups is 1. The van der Waals surface area contributed by atoms with Crippen molar-refractivity contribution < 1.29 is 9.90 Å². The van der Waals surface area contributed by atoms with Crippen molar-refractivity contribution in [3.8, 4) is 0 Å². The first kappa shape index (κ1) is 9.64. The van der Waals surface area contributed by atoms with Crippen molar-refractivity contribution in [3.63, 3.8) is 0 Å². The van der Waals surface area contributed by atoms with Crippen LogP contribution in [0.4, 0.5) is 0 Å². The maximum Gasteiger partial charge on any atom is 0.246 e. The SMILES string of the molecule is O=C(CO)NC12CC3CC(CC(C3)C1)C2. The van der Waals surface area contributed by atoms with E-state index in [2.05, 4.69) is 5.32 Å². The van der Waals surface area contributed by atoms with Gasteiger partial charge in [-0.1, -0.05) is 0 Å². The van der Waals surface area contributed by atoms with Gasteiger partial charge in [-0.3, -0.25) is 4.79 Å². The predicted molar refractivity (Wildman–Crippen MR) is 56.1 cm³/mol. The number of carbonyl (C=O) groups excluding carboxylic acids is 1. The topological polar surface area (TPSA) is 49.3 Å². The summed E-state index contributed by atoms with van der Waals surface area (Å²) >= 11 is 0. The summed E-state index contributed by atoms with van der Waals surface area (Å²) in [7, 11) is 0. The minimum atomic E-state index is -0.359. The number of hydrogen-bond acceptors (Lipinski definition) is 2. The quantitative estimate of drug-likeness (QED) is 0.714. The van der Waals surface area contributed by atoms with Gasteiger partial charge in [-0.05, 0) is 56.3 Å². The van der Waals surface area contributed by atoms with E-state index in [1.165, 1.54) is 19.3 Å². The van der Waals surface area contributed by atoms with Gasteiger partial charge in [0.2, 0.25) is 5.91 Å². The summed E-state index contributed by atoms with van der Waals surface area (Å²) in [5.41, 5.74) is 0.0641. The van der Waals surface area contributed by atoms with E-state index in [9.17, 15) is 4.79 Å². The fourth-order valence-corrected chi connectivity index (χ4v) is 4.60. The highest BCUT2D eigenvalue weighted by Crippen LogP contribution is 2.55. The molecule has 0 aliphatic heterocycles. The number of rotatable bonds is 2. The third-order valence-electron chi connectivity index (χ3n) is 4.59. The highest BCUT2D eigenvalue weighted by molar-refractivity contribution is 5.77. The van der Waals surface area contributed by atoms with E-state index in [1.54, 1.807) is 0 Å². The number of hydrogen-bond donors (Lipinski definition) is 2. The zero-order valence-corrected chi connectivity index (χ0v) is 9.04. The number of aliphatic hydroxyl groups excluding tert-OH is 1. The summed E-state index contributed by atoms with van der Waals surface area (Å²) in [6.07, 6.45) is 7.62. The van der Waals surface area contributed by atoms with E-state index in [4.69, 9.17) is 5.11 Å². The molecular formula is C12H19NO2. The Bertz CT molecular complexity index is 252. The van der Waals surface area contributed by atoms with Crippen LogP contribution in [0.3, 0.4) is 0 Å². The van der Waals surface area contributed by atoms with E-state index >= 15 is 0 Å². The Morgan fingerprint density at radius 3 is 2.00 bits per heavy atom. The van der Waals surface area contributed by atoms with Crippen LogP contribution < -0.4 is 5.32 Å². The van der Waals surface area contributed by atoms with Crippen LogP contribution in [0.5, 0.6) is 0 Å². The minimum absolute atomic E-state index is 0.0641. The van der Waals surface area contributed by atoms with Gasteiger partial charge >= 0.3 is 0 Å². The van der Waals surface area contributed by atoms with Gasteiger partial charge in [0.1, 0.15) is 6.61 Å². The molecule has 4 rings (SSSR count). The fraction of sp³-hybridized carbons (Fsp3) is 0.917. The van der Waals surface area contributed by atoms with Crippen LogP contribution in [-0.2, 0) is 4.79 Å². The lowest BCUT2D eigenvalue weighted by Gasteiger charge is -2.56. The van der Waals surface area contributed by atoms with E-state index < -0.39 is 0 Å². The van der Waals surface area contributed by atoms with E-state index in [-0.39, 0.29) is 18.1 Å². The molecule has 0 aromatic rings. The second-order valence-electron chi connectivity index (χ2n) is 5.90. The van der Waals surface area contributed by atoms with Crippen LogP contribution in [0.1, 0.15) is 38.5 Å². The molecule has 4 aliphatic rings. The highest BCUT2D eigenvalue weighted by Gasteiger charge is 2.51. The summed E-state index contributed by atoms with van der Waals surface area (Å²) in [6, 6.07) is 0. The van der Waals surface area contributed by atoms with Crippen LogP contribution >= 0.6 is 0 Å². The monoisotopic (exact) mass is 209 g/mol. The molecule has 15 heavy (non-hydrogen) atoms. The van der Waals surface area contributed by atoms with Crippen molar-refractivity contribution >= 4 is 5.91 Å². The molecule has 3 nitrogen and oxygen atoms in total. The fourth-order valence-electron chi connectivity index (χ4n) is 4.60. The molecule has 0 aromatic carbocycles. The van der Waals surface area contributed by atoms with Crippen molar-refractivity contribution in [3.05, 3.63) is 0 Å². The lowest BCUT2D eigenvalue weighted by atomic mass is 9.53. The van der Waals surface area contributed by atoms with Crippen molar-refractivity contribution in [1.29, 1.82) is 0 Å². The van der Waals surface area contributed by atoms with Crippen LogP contribution in [-0.4, -0.2) is 23.2 Å². The van der Waals surface area contributed by atoms with Gasteiger partial charge in [-0.2, -0.15) is 0 Å². The Kier molecular flexibility index (Phi) is 2.06. The predicted octanol–water partition coefficient (Wildman–Crippen LogP) is 1.06. The second-order valence-corrected chi connectivity index (χ2v) is 5.90. The first-order valence-corrected chi connectivity index (χ1v) is 6.11. The van der Waals surface area contributed by atoms with Gasteiger partial charge in [0.25, 0.3) is 0 Å². The molecule has 0 atom stereocenters. The molecule has 3 heteroatoms. The number of nitrogens with one attached hydrogen (secondary N) is 1. The summed E-state index contributed by atoms with van der Waals surface area (Å²) in [5.74, 6) is 2.35. The van der Waals surface area contributed by atoms with Crippen LogP contribution in [0.15, 0.2) is 0 Å². The van der Waals surface area contributed by atoms with Crippen molar-refractivity contribution in [2.24, 2.45) is 17.8 Å². The molecule has 84 valence electrons. The lowest BCUT2D eigenvalue weighted by molar-refractivity contribution is -0.129. The Hall–Kier alpha value is -0.570. The second kappa shape index (κ2) is 3.21. The van der Waals surface area contributed by atoms with E-state index in [0.717, 1.165) is 37.0 Å². The average Bonchev–Trinajstić information content (AvgIpc) is 2.14. The van der Waals surface area contributed by atoms with Crippen LogP contribution in [0.2, 0.25) is 0 Å². The molecular weight excluding hydrogens is 190 g/mol. The lowest BCUT2D eigenvalue weighted by Crippen LogP contribution is -2.60. The van der Waals surface area contributed by atoms with Crippen LogP contribution in [0.25, 0.3) is 0 Å². The number of aliphatic hydroxyl groups is 1. The summed E-state index contributed by atoms with van der Waals surface area (Å²) in [5, 5.41) is 11.9. The Labute approximate surface area is 90.2 Å². The summed E-state index contributed by atoms with van der Waals surface area (Å²) in [4.78, 5) is 11.3. The van der Waals surface area contributed by atoms with Gasteiger partial charge in [-0.25, -0.2) is 0 Å². The van der Waals surface area contributed by atoms with Crippen LogP contribution in [0, 0.1) is 17.8 Å². The van der Waals surface area contributed by atoms with Gasteiger partial charge in [0.05, 0.1) is 0 Å². The maximum absolute atomic E-state index is 11.3. The normalized spacial score (nSPS) is 46.9. The molecule has 0 heterocycles. The Morgan fingerprint density at radius 1 is 1.13 bits per heavy atom. The van der Waals surface area contributed by atoms with Gasteiger partial charge in [0, 0.05) is 5.54 Å². The Balaban J connectivity index is 1.78. The van der Waals surface area contributed by atoms with Crippen molar-refractivity contribution in [1.82, 2.24) is 5.32 Å². The standard InChI is InChI=1S/C12H19NO2/c14-7-11(15)13-12-4-8-1-9(5-12)3-10(2-8)6-12/h8-10,14H,1-7H2,(H,13,15). The third kappa shape index (κ3) is 1.57. The minimum Gasteiger partial charge on any atom is -0.387 e. The maximum atomic E-state index is 11.3. The van der Waals surface area contributed by atoms with Gasteiger partial charge < -0.3 is 10.4 Å². The summed E-state index contributed by atoms with van der Waals surface area (Å²) < 4.78 is 0. The molecule has 0 aromatic heterocycles. The highest BCUT2D eigenvalue weighted by atomic mass is 16.3. The molecule has 4 bridgehead atoms. The molecule has 4 fully saturated rings. The number of amides is 1. The molecule has 0 unspecified atom stereocenters. The van der Waals surface area contributed by atoms with Gasteiger partial charge in [-0.15, -0.1) is 0 Å².